The number of hydrogen-bond acceptors (Lipinski definition) is 6. The molecule has 4 aliphatic rings. The summed E-state index contributed by atoms with van der Waals surface area (Å²) in [6.07, 6.45) is 3.99. The van der Waals surface area contributed by atoms with Crippen LogP contribution in [0.15, 0.2) is 0 Å². The first-order valence-electron chi connectivity index (χ1n) is 12.3. The van der Waals surface area contributed by atoms with Gasteiger partial charge >= 0.3 is 5.97 Å². The van der Waals surface area contributed by atoms with E-state index in [9.17, 15) is 24.8 Å². The molecule has 0 aromatic rings. The van der Waals surface area contributed by atoms with E-state index in [2.05, 4.69) is 19.9 Å². The molecule has 0 bridgehead atoms. The summed E-state index contributed by atoms with van der Waals surface area (Å²) in [6, 6.07) is 2.53. The standard InChI is InChI=1S/C26H37NO5/c1-5-23(2,15-27)24(3)9-6-16(28)12-17(29)13-18-19-7-10-26(11-8-21(31)32-26)25(19,4)14-20(30)22(18)24/h18-20,22,30H,5-14H2,1-4H3/t18?,19?,20-,22?,23+,24?,25?,26-/m1/s1. The summed E-state index contributed by atoms with van der Waals surface area (Å²) < 4.78 is 5.96. The molecule has 4 fully saturated rings. The van der Waals surface area contributed by atoms with Crippen LogP contribution in [0.5, 0.6) is 0 Å². The minimum atomic E-state index is -0.728. The molecular weight excluding hydrogens is 406 g/mol. The Hall–Kier alpha value is -1.74. The Morgan fingerprint density at radius 1 is 1.16 bits per heavy atom. The fraction of sp³-hybridized carbons (Fsp3) is 0.846. The van der Waals surface area contributed by atoms with Crippen molar-refractivity contribution in [2.75, 3.05) is 0 Å². The molecule has 1 heterocycles. The highest BCUT2D eigenvalue weighted by molar-refractivity contribution is 5.99. The zero-order valence-electron chi connectivity index (χ0n) is 19.9. The third kappa shape index (κ3) is 3.10. The molecule has 1 spiro atoms. The lowest BCUT2D eigenvalue weighted by Gasteiger charge is -2.59. The summed E-state index contributed by atoms with van der Waals surface area (Å²) in [7, 11) is 0. The first-order chi connectivity index (χ1) is 15.0. The van der Waals surface area contributed by atoms with Crippen molar-refractivity contribution in [2.24, 2.45) is 34.0 Å². The number of nitriles is 1. The van der Waals surface area contributed by atoms with Gasteiger partial charge in [-0.1, -0.05) is 20.8 Å². The number of rotatable bonds is 2. The molecule has 6 nitrogen and oxygen atoms in total. The van der Waals surface area contributed by atoms with Gasteiger partial charge in [0.2, 0.25) is 0 Å². The van der Waals surface area contributed by atoms with Crippen molar-refractivity contribution in [1.29, 1.82) is 5.26 Å². The van der Waals surface area contributed by atoms with Crippen LogP contribution in [0.2, 0.25) is 0 Å². The number of fused-ring (bicyclic) bond motifs is 4. The number of aliphatic hydroxyl groups is 1. The van der Waals surface area contributed by atoms with E-state index < -0.39 is 27.9 Å². The molecule has 0 aromatic carbocycles. The molecular formula is C26H37NO5. The highest BCUT2D eigenvalue weighted by atomic mass is 16.6. The Bertz CT molecular complexity index is 878. The second kappa shape index (κ2) is 7.65. The molecule has 4 rings (SSSR count). The molecule has 0 amide bonds. The Morgan fingerprint density at radius 3 is 2.47 bits per heavy atom. The second-order valence-electron chi connectivity index (χ2n) is 11.7. The molecule has 3 saturated carbocycles. The van der Waals surface area contributed by atoms with Crippen molar-refractivity contribution in [3.8, 4) is 6.07 Å². The van der Waals surface area contributed by atoms with Crippen LogP contribution in [0.25, 0.3) is 0 Å². The maximum atomic E-state index is 13.0. The number of hydrogen-bond donors (Lipinski definition) is 1. The molecule has 1 N–H and O–H groups in total. The maximum absolute atomic E-state index is 13.0. The number of esters is 1. The van der Waals surface area contributed by atoms with Gasteiger partial charge in [-0.3, -0.25) is 14.4 Å². The molecule has 6 heteroatoms. The Balaban J connectivity index is 1.84. The quantitative estimate of drug-likeness (QED) is 0.508. The van der Waals surface area contributed by atoms with E-state index in [1.54, 1.807) is 0 Å². The molecule has 0 aromatic heterocycles. The van der Waals surface area contributed by atoms with Crippen LogP contribution < -0.4 is 0 Å². The van der Waals surface area contributed by atoms with Crippen LogP contribution >= 0.6 is 0 Å². The third-order valence-electron chi connectivity index (χ3n) is 10.5. The molecule has 1 aliphatic heterocycles. The largest absolute Gasteiger partial charge is 0.458 e. The highest BCUT2D eigenvalue weighted by Gasteiger charge is 2.69. The van der Waals surface area contributed by atoms with Crippen molar-refractivity contribution < 1.29 is 24.2 Å². The average molecular weight is 444 g/mol. The van der Waals surface area contributed by atoms with Crippen molar-refractivity contribution >= 4 is 17.5 Å². The monoisotopic (exact) mass is 443 g/mol. The lowest BCUT2D eigenvalue weighted by Crippen LogP contribution is -2.60. The molecule has 176 valence electrons. The minimum Gasteiger partial charge on any atom is -0.458 e. The van der Waals surface area contributed by atoms with Gasteiger partial charge in [0.25, 0.3) is 0 Å². The predicted molar refractivity (Wildman–Crippen MR) is 117 cm³/mol. The zero-order valence-corrected chi connectivity index (χ0v) is 19.9. The van der Waals surface area contributed by atoms with Gasteiger partial charge in [0.1, 0.15) is 17.2 Å². The van der Waals surface area contributed by atoms with Crippen LogP contribution in [0.3, 0.4) is 0 Å². The first-order valence-corrected chi connectivity index (χ1v) is 12.3. The van der Waals surface area contributed by atoms with Gasteiger partial charge in [0.15, 0.2) is 0 Å². The van der Waals surface area contributed by atoms with Crippen LogP contribution in [0.4, 0.5) is 0 Å². The summed E-state index contributed by atoms with van der Waals surface area (Å²) in [5, 5.41) is 22.0. The Kier molecular flexibility index (Phi) is 5.60. The van der Waals surface area contributed by atoms with E-state index in [0.717, 1.165) is 12.8 Å². The number of carbonyl (C=O) groups excluding carboxylic acids is 3. The fourth-order valence-electron chi connectivity index (χ4n) is 8.28. The van der Waals surface area contributed by atoms with Crippen molar-refractivity contribution in [3.05, 3.63) is 0 Å². The summed E-state index contributed by atoms with van der Waals surface area (Å²) in [5.74, 6) is -0.589. The van der Waals surface area contributed by atoms with E-state index in [0.29, 0.717) is 32.1 Å². The van der Waals surface area contributed by atoms with E-state index >= 15 is 0 Å². The zero-order chi connectivity index (χ0) is 23.5. The number of carbonyl (C=O) groups is 3. The van der Waals surface area contributed by atoms with Gasteiger partial charge in [0, 0.05) is 24.7 Å². The van der Waals surface area contributed by atoms with Crippen molar-refractivity contribution in [1.82, 2.24) is 0 Å². The number of Topliss-reactive ketones (excluding diaryl/α,β-unsaturated/α-hetero) is 2. The normalized spacial score (nSPS) is 46.3. The minimum absolute atomic E-state index is 0.0612. The number of aliphatic hydroxyl groups excluding tert-OH is 1. The number of nitrogens with zero attached hydrogens (tertiary/aromatic N) is 1. The smallest absolute Gasteiger partial charge is 0.306 e. The molecule has 32 heavy (non-hydrogen) atoms. The van der Waals surface area contributed by atoms with E-state index in [1.165, 1.54) is 0 Å². The van der Waals surface area contributed by atoms with Gasteiger partial charge in [-0.25, -0.2) is 0 Å². The van der Waals surface area contributed by atoms with Crippen LogP contribution in [-0.4, -0.2) is 34.3 Å². The average Bonchev–Trinajstić information content (AvgIpc) is 3.26. The summed E-state index contributed by atoms with van der Waals surface area (Å²) in [6.45, 7) is 8.13. The Labute approximate surface area is 191 Å². The van der Waals surface area contributed by atoms with E-state index in [1.807, 2.05) is 13.8 Å². The van der Waals surface area contributed by atoms with Crippen LogP contribution in [0.1, 0.15) is 91.9 Å². The fourth-order valence-corrected chi connectivity index (χ4v) is 8.28. The van der Waals surface area contributed by atoms with Gasteiger partial charge in [-0.05, 0) is 68.6 Å². The predicted octanol–water partition coefficient (Wildman–Crippen LogP) is 4.13. The van der Waals surface area contributed by atoms with Crippen LogP contribution in [-0.2, 0) is 19.1 Å². The van der Waals surface area contributed by atoms with Gasteiger partial charge in [0.05, 0.1) is 24.0 Å². The third-order valence-corrected chi connectivity index (χ3v) is 10.5. The summed E-state index contributed by atoms with van der Waals surface area (Å²) >= 11 is 0. The van der Waals surface area contributed by atoms with Crippen LogP contribution in [0, 0.1) is 45.3 Å². The van der Waals surface area contributed by atoms with Gasteiger partial charge in [-0.2, -0.15) is 5.26 Å². The topological polar surface area (TPSA) is 104 Å². The van der Waals surface area contributed by atoms with Crippen molar-refractivity contribution in [2.45, 2.75) is 104 Å². The summed E-state index contributed by atoms with van der Waals surface area (Å²) in [4.78, 5) is 37.7. The van der Waals surface area contributed by atoms with Crippen molar-refractivity contribution in [3.63, 3.8) is 0 Å². The second-order valence-corrected chi connectivity index (χ2v) is 11.7. The summed E-state index contributed by atoms with van der Waals surface area (Å²) in [5.41, 5.74) is -2.31. The SMILES string of the molecule is CC[C@@](C)(C#N)C1(C)CCC(=O)CC(=O)CC2C3CC[C@@]4(CCC(=O)O4)C3(C)C[C@@H](O)C21. The lowest BCUT2D eigenvalue weighted by molar-refractivity contribution is -0.191. The number of ketones is 2. The number of ether oxygens (including phenoxy) is 1. The van der Waals surface area contributed by atoms with E-state index in [-0.39, 0.29) is 54.6 Å². The molecule has 3 aliphatic carbocycles. The molecule has 8 atom stereocenters. The molecule has 5 unspecified atom stereocenters. The lowest BCUT2D eigenvalue weighted by atomic mass is 9.45. The maximum Gasteiger partial charge on any atom is 0.306 e. The van der Waals surface area contributed by atoms with Gasteiger partial charge < -0.3 is 9.84 Å². The first kappa shape index (κ1) is 23.4. The Morgan fingerprint density at radius 2 is 1.88 bits per heavy atom. The molecule has 0 radical (unpaired) electrons. The highest BCUT2D eigenvalue weighted by Crippen LogP contribution is 2.69. The van der Waals surface area contributed by atoms with E-state index in [4.69, 9.17) is 4.74 Å². The van der Waals surface area contributed by atoms with Gasteiger partial charge in [-0.15, -0.1) is 0 Å². The molecule has 1 saturated heterocycles.